The predicted molar refractivity (Wildman–Crippen MR) is 99.6 cm³/mol. The summed E-state index contributed by atoms with van der Waals surface area (Å²) < 4.78 is 33.6. The van der Waals surface area contributed by atoms with E-state index in [9.17, 15) is 8.42 Å². The summed E-state index contributed by atoms with van der Waals surface area (Å²) >= 11 is 0. The number of benzene rings is 2. The van der Waals surface area contributed by atoms with E-state index in [1.807, 2.05) is 19.9 Å². The number of nitrogens with one attached hydrogen (secondary N) is 1. The highest BCUT2D eigenvalue weighted by molar-refractivity contribution is 7.89. The maximum absolute atomic E-state index is 12.8. The molecule has 0 aromatic heterocycles. The molecule has 0 fully saturated rings. The van der Waals surface area contributed by atoms with Crippen LogP contribution in [0.3, 0.4) is 0 Å². The van der Waals surface area contributed by atoms with Gasteiger partial charge in [0.05, 0.1) is 12.0 Å². The topological polar surface area (TPSA) is 55.4 Å². The van der Waals surface area contributed by atoms with E-state index >= 15 is 0 Å². The van der Waals surface area contributed by atoms with Crippen LogP contribution in [0.2, 0.25) is 0 Å². The first-order valence-corrected chi connectivity index (χ1v) is 10.2. The smallest absolute Gasteiger partial charge is 0.241 e. The van der Waals surface area contributed by atoms with E-state index in [0.29, 0.717) is 12.2 Å². The van der Waals surface area contributed by atoms with Crippen LogP contribution < -0.4 is 9.46 Å². The van der Waals surface area contributed by atoms with Crippen LogP contribution in [0.25, 0.3) is 0 Å². The zero-order chi connectivity index (χ0) is 18.0. The molecule has 1 aliphatic rings. The molecule has 0 radical (unpaired) electrons. The molecule has 25 heavy (non-hydrogen) atoms. The summed E-state index contributed by atoms with van der Waals surface area (Å²) in [6.45, 7) is 3.87. The fraction of sp³-hybridized carbons (Fsp3) is 0.400. The lowest BCUT2D eigenvalue weighted by molar-refractivity contribution is 0.409. The Bertz CT molecular complexity index is 875. The molecule has 1 aliphatic carbocycles. The number of fused-ring (bicyclic) bond motifs is 1. The summed E-state index contributed by atoms with van der Waals surface area (Å²) in [6, 6.07) is 11.0. The van der Waals surface area contributed by atoms with E-state index in [0.717, 1.165) is 24.0 Å². The summed E-state index contributed by atoms with van der Waals surface area (Å²) in [7, 11) is -1.99. The van der Waals surface area contributed by atoms with Gasteiger partial charge in [-0.2, -0.15) is 0 Å². The molecule has 0 heterocycles. The molecule has 0 aliphatic heterocycles. The van der Waals surface area contributed by atoms with Crippen molar-refractivity contribution in [3.63, 3.8) is 0 Å². The first-order valence-electron chi connectivity index (χ1n) is 8.75. The molecule has 0 amide bonds. The van der Waals surface area contributed by atoms with Gasteiger partial charge in [-0.1, -0.05) is 25.1 Å². The number of methoxy groups -OCH3 is 1. The van der Waals surface area contributed by atoms with Crippen LogP contribution in [0.15, 0.2) is 41.3 Å². The average molecular weight is 359 g/mol. The second-order valence-corrected chi connectivity index (χ2v) is 8.27. The summed E-state index contributed by atoms with van der Waals surface area (Å²) in [5.74, 6) is 0.716. The predicted octanol–water partition coefficient (Wildman–Crippen LogP) is 3.79. The Morgan fingerprint density at radius 2 is 1.88 bits per heavy atom. The van der Waals surface area contributed by atoms with Crippen molar-refractivity contribution in [2.75, 3.05) is 7.11 Å². The molecule has 0 spiro atoms. The van der Waals surface area contributed by atoms with Gasteiger partial charge in [0.2, 0.25) is 10.0 Å². The highest BCUT2D eigenvalue weighted by Gasteiger charge is 2.21. The molecule has 0 saturated heterocycles. The minimum atomic E-state index is -3.58. The first kappa shape index (κ1) is 18.0. The van der Waals surface area contributed by atoms with Gasteiger partial charge in [-0.15, -0.1) is 0 Å². The third kappa shape index (κ3) is 3.72. The minimum Gasteiger partial charge on any atom is -0.496 e. The van der Waals surface area contributed by atoms with Gasteiger partial charge in [-0.25, -0.2) is 13.1 Å². The van der Waals surface area contributed by atoms with Crippen LogP contribution in [0.4, 0.5) is 0 Å². The Morgan fingerprint density at radius 3 is 2.60 bits per heavy atom. The fourth-order valence-corrected chi connectivity index (χ4v) is 4.71. The molecule has 4 nitrogen and oxygen atoms in total. The third-order valence-corrected chi connectivity index (χ3v) is 6.44. The summed E-state index contributed by atoms with van der Waals surface area (Å²) in [6.07, 6.45) is 4.11. The Balaban J connectivity index is 1.83. The quantitative estimate of drug-likeness (QED) is 0.854. The van der Waals surface area contributed by atoms with Gasteiger partial charge in [0.1, 0.15) is 5.75 Å². The van der Waals surface area contributed by atoms with Crippen molar-refractivity contribution in [1.82, 2.24) is 4.72 Å². The van der Waals surface area contributed by atoms with E-state index in [4.69, 9.17) is 4.74 Å². The van der Waals surface area contributed by atoms with Crippen LogP contribution in [0.5, 0.6) is 5.75 Å². The monoisotopic (exact) mass is 359 g/mol. The van der Waals surface area contributed by atoms with Crippen molar-refractivity contribution in [3.8, 4) is 5.75 Å². The molecule has 1 unspecified atom stereocenters. The Hall–Kier alpha value is -1.85. The van der Waals surface area contributed by atoms with Crippen LogP contribution in [-0.4, -0.2) is 15.5 Å². The van der Waals surface area contributed by atoms with Crippen LogP contribution >= 0.6 is 0 Å². The normalized spacial score (nSPS) is 15.0. The maximum Gasteiger partial charge on any atom is 0.241 e. The highest BCUT2D eigenvalue weighted by Crippen LogP contribution is 2.27. The van der Waals surface area contributed by atoms with Crippen molar-refractivity contribution in [1.29, 1.82) is 0 Å². The Labute approximate surface area is 150 Å². The zero-order valence-electron chi connectivity index (χ0n) is 15.0. The summed E-state index contributed by atoms with van der Waals surface area (Å²) in [5, 5.41) is 0. The molecule has 3 rings (SSSR count). The molecular formula is C20H25NO3S. The van der Waals surface area contributed by atoms with Crippen molar-refractivity contribution < 1.29 is 13.2 Å². The van der Waals surface area contributed by atoms with E-state index < -0.39 is 10.0 Å². The van der Waals surface area contributed by atoms with Crippen molar-refractivity contribution in [2.24, 2.45) is 0 Å². The van der Waals surface area contributed by atoms with Crippen LogP contribution in [0, 0.1) is 0 Å². The number of ether oxygens (including phenoxy) is 1. The van der Waals surface area contributed by atoms with Crippen LogP contribution in [-0.2, 0) is 29.3 Å². The van der Waals surface area contributed by atoms with E-state index in [-0.39, 0.29) is 10.9 Å². The minimum absolute atomic E-state index is 0.275. The zero-order valence-corrected chi connectivity index (χ0v) is 15.8. The lowest BCUT2D eigenvalue weighted by Gasteiger charge is -2.17. The molecule has 2 aromatic rings. The maximum atomic E-state index is 12.8. The van der Waals surface area contributed by atoms with Gasteiger partial charge in [-0.3, -0.25) is 0 Å². The largest absolute Gasteiger partial charge is 0.496 e. The fourth-order valence-electron chi connectivity index (χ4n) is 3.43. The van der Waals surface area contributed by atoms with Gasteiger partial charge in [-0.05, 0) is 73.1 Å². The van der Waals surface area contributed by atoms with E-state index in [1.165, 1.54) is 17.5 Å². The van der Waals surface area contributed by atoms with E-state index in [1.54, 1.807) is 25.3 Å². The number of hydrogen-bond donors (Lipinski definition) is 1. The lowest BCUT2D eigenvalue weighted by atomic mass is 10.0. The standard InChI is InChI=1S/C20H25NO3S/c1-4-15-13-19(10-11-20(15)24-3)25(22,23)21-14(2)17-9-8-16-6-5-7-18(16)12-17/h8-14,21H,4-7H2,1-3H3. The Kier molecular flexibility index (Phi) is 5.16. The summed E-state index contributed by atoms with van der Waals surface area (Å²) in [4.78, 5) is 0.276. The second kappa shape index (κ2) is 7.18. The average Bonchev–Trinajstić information content (AvgIpc) is 3.08. The van der Waals surface area contributed by atoms with Gasteiger partial charge >= 0.3 is 0 Å². The number of hydrogen-bond acceptors (Lipinski definition) is 3. The van der Waals surface area contributed by atoms with E-state index in [2.05, 4.69) is 16.9 Å². The molecule has 134 valence electrons. The Morgan fingerprint density at radius 1 is 1.12 bits per heavy atom. The molecule has 2 aromatic carbocycles. The number of rotatable bonds is 6. The molecule has 0 bridgehead atoms. The number of sulfonamides is 1. The van der Waals surface area contributed by atoms with Gasteiger partial charge < -0.3 is 4.74 Å². The molecule has 1 atom stereocenters. The molecule has 5 heteroatoms. The van der Waals surface area contributed by atoms with Gasteiger partial charge in [0.25, 0.3) is 0 Å². The summed E-state index contributed by atoms with van der Waals surface area (Å²) in [5.41, 5.74) is 4.63. The molecule has 0 saturated carbocycles. The van der Waals surface area contributed by atoms with Crippen molar-refractivity contribution >= 4 is 10.0 Å². The lowest BCUT2D eigenvalue weighted by Crippen LogP contribution is -2.27. The van der Waals surface area contributed by atoms with Crippen molar-refractivity contribution in [2.45, 2.75) is 50.5 Å². The molecule has 1 N–H and O–H groups in total. The van der Waals surface area contributed by atoms with Crippen molar-refractivity contribution in [3.05, 3.63) is 58.7 Å². The third-order valence-electron chi connectivity index (χ3n) is 4.90. The number of aryl methyl sites for hydroxylation is 3. The SMILES string of the molecule is CCc1cc(S(=O)(=O)NC(C)c2ccc3c(c2)CCC3)ccc1OC. The van der Waals surface area contributed by atoms with Gasteiger partial charge in [0.15, 0.2) is 0 Å². The highest BCUT2D eigenvalue weighted by atomic mass is 32.2. The van der Waals surface area contributed by atoms with Gasteiger partial charge in [0, 0.05) is 6.04 Å². The first-order chi connectivity index (χ1) is 11.9. The van der Waals surface area contributed by atoms with Crippen LogP contribution in [0.1, 0.15) is 48.6 Å². The second-order valence-electron chi connectivity index (χ2n) is 6.55. The molecular weight excluding hydrogens is 334 g/mol.